The van der Waals surface area contributed by atoms with Crippen LogP contribution in [-0.2, 0) is 5.41 Å². The summed E-state index contributed by atoms with van der Waals surface area (Å²) in [5.41, 5.74) is 1.92. The molecule has 0 aliphatic rings. The van der Waals surface area contributed by atoms with Gasteiger partial charge in [-0.25, -0.2) is 0 Å². The second-order valence-electron chi connectivity index (χ2n) is 6.43. The molecule has 0 N–H and O–H groups in total. The first-order valence-corrected chi connectivity index (χ1v) is 7.98. The Balaban J connectivity index is 1.96. The first kappa shape index (κ1) is 13.5. The minimum Gasteiger partial charge on any atom is -0.452 e. The summed E-state index contributed by atoms with van der Waals surface area (Å²) in [6.45, 7) is 8.47. The largest absolute Gasteiger partial charge is 0.452 e. The molecule has 0 aliphatic heterocycles. The van der Waals surface area contributed by atoms with Gasteiger partial charge in [-0.1, -0.05) is 50.3 Å². The lowest BCUT2D eigenvalue weighted by molar-refractivity contribution is 0.571. The molecule has 3 aromatic heterocycles. The molecule has 0 unspecified atom stereocenters. The van der Waals surface area contributed by atoms with Gasteiger partial charge >= 0.3 is 0 Å². The van der Waals surface area contributed by atoms with Crippen LogP contribution < -0.4 is 0 Å². The zero-order valence-corrected chi connectivity index (χ0v) is 13.7. The van der Waals surface area contributed by atoms with E-state index in [0.717, 1.165) is 32.3 Å². The van der Waals surface area contributed by atoms with Gasteiger partial charge in [0.25, 0.3) is 0 Å². The lowest BCUT2D eigenvalue weighted by Crippen LogP contribution is -2.11. The van der Waals surface area contributed by atoms with Crippen LogP contribution >= 0.6 is 11.3 Å². The molecule has 0 amide bonds. The quantitative estimate of drug-likeness (QED) is 0.528. The van der Waals surface area contributed by atoms with Gasteiger partial charge in [-0.3, -0.25) is 0 Å². The number of aryl methyl sites for hydroxylation is 1. The van der Waals surface area contributed by atoms with E-state index in [9.17, 15) is 0 Å². The summed E-state index contributed by atoms with van der Waals surface area (Å²) < 4.78 is 7.78. The number of para-hydroxylation sites is 1. The van der Waals surface area contributed by atoms with Crippen molar-refractivity contribution in [2.45, 2.75) is 33.1 Å². The number of hydrogen-bond donors (Lipinski definition) is 0. The lowest BCUT2D eigenvalue weighted by atomic mass is 9.98. The number of nitrogens with zero attached hydrogens (tertiary/aromatic N) is 4. The SMILES string of the molecule is Cc1c(-c2nnc3sc(C(C)(C)C)nn23)oc2ccccc12. The van der Waals surface area contributed by atoms with Crippen molar-refractivity contribution in [1.82, 2.24) is 19.8 Å². The summed E-state index contributed by atoms with van der Waals surface area (Å²) in [6.07, 6.45) is 0. The van der Waals surface area contributed by atoms with Crippen LogP contribution in [0.5, 0.6) is 0 Å². The topological polar surface area (TPSA) is 56.2 Å². The molecule has 0 fully saturated rings. The molecule has 0 bridgehead atoms. The van der Waals surface area contributed by atoms with Crippen molar-refractivity contribution in [3.05, 3.63) is 34.8 Å². The molecule has 1 aromatic carbocycles. The summed E-state index contributed by atoms with van der Waals surface area (Å²) in [6, 6.07) is 7.99. The van der Waals surface area contributed by atoms with E-state index in [4.69, 9.17) is 4.42 Å². The first-order valence-electron chi connectivity index (χ1n) is 7.16. The molecule has 112 valence electrons. The van der Waals surface area contributed by atoms with E-state index in [1.165, 1.54) is 0 Å². The highest BCUT2D eigenvalue weighted by molar-refractivity contribution is 7.16. The number of fused-ring (bicyclic) bond motifs is 2. The van der Waals surface area contributed by atoms with E-state index in [2.05, 4.69) is 42.1 Å². The second kappa shape index (κ2) is 4.39. The molecule has 5 nitrogen and oxygen atoms in total. The zero-order valence-electron chi connectivity index (χ0n) is 12.9. The maximum Gasteiger partial charge on any atom is 0.235 e. The smallest absolute Gasteiger partial charge is 0.235 e. The number of rotatable bonds is 1. The van der Waals surface area contributed by atoms with E-state index in [1.807, 2.05) is 25.1 Å². The van der Waals surface area contributed by atoms with E-state index in [1.54, 1.807) is 15.9 Å². The Hall–Kier alpha value is -2.21. The van der Waals surface area contributed by atoms with Gasteiger partial charge in [0, 0.05) is 16.4 Å². The summed E-state index contributed by atoms with van der Waals surface area (Å²) in [4.78, 5) is 0.791. The summed E-state index contributed by atoms with van der Waals surface area (Å²) in [7, 11) is 0. The highest BCUT2D eigenvalue weighted by Gasteiger charge is 2.24. The van der Waals surface area contributed by atoms with Crippen LogP contribution in [-0.4, -0.2) is 19.8 Å². The fourth-order valence-corrected chi connectivity index (χ4v) is 3.35. The molecule has 0 spiro atoms. The molecule has 0 atom stereocenters. The van der Waals surface area contributed by atoms with Gasteiger partial charge in [0.05, 0.1) is 0 Å². The highest BCUT2D eigenvalue weighted by Crippen LogP contribution is 2.34. The van der Waals surface area contributed by atoms with Crippen LogP contribution in [0.1, 0.15) is 31.3 Å². The Bertz CT molecular complexity index is 987. The molecule has 6 heteroatoms. The fraction of sp³-hybridized carbons (Fsp3) is 0.312. The normalized spacial score (nSPS) is 12.5. The predicted molar refractivity (Wildman–Crippen MR) is 87.3 cm³/mol. The molecule has 0 saturated heterocycles. The highest BCUT2D eigenvalue weighted by atomic mass is 32.1. The Labute approximate surface area is 131 Å². The second-order valence-corrected chi connectivity index (χ2v) is 7.38. The fourth-order valence-electron chi connectivity index (χ4n) is 2.45. The van der Waals surface area contributed by atoms with Crippen molar-refractivity contribution in [3.8, 4) is 11.6 Å². The predicted octanol–water partition coefficient (Wildman–Crippen LogP) is 4.20. The van der Waals surface area contributed by atoms with Gasteiger partial charge in [0.1, 0.15) is 10.6 Å². The van der Waals surface area contributed by atoms with Crippen LogP contribution in [0.3, 0.4) is 0 Å². The molecular weight excluding hydrogens is 296 g/mol. The van der Waals surface area contributed by atoms with Crippen molar-refractivity contribution in [2.24, 2.45) is 0 Å². The Morgan fingerprint density at radius 1 is 1.14 bits per heavy atom. The van der Waals surface area contributed by atoms with E-state index in [-0.39, 0.29) is 5.41 Å². The minimum absolute atomic E-state index is 0.00837. The van der Waals surface area contributed by atoms with Crippen LogP contribution in [0.25, 0.3) is 27.5 Å². The van der Waals surface area contributed by atoms with Gasteiger partial charge in [0.2, 0.25) is 10.8 Å². The van der Waals surface area contributed by atoms with Crippen molar-refractivity contribution in [1.29, 1.82) is 0 Å². The Kier molecular flexibility index (Phi) is 2.69. The lowest BCUT2D eigenvalue weighted by Gasteiger charge is -2.12. The zero-order chi connectivity index (χ0) is 15.5. The third-order valence-corrected chi connectivity index (χ3v) is 5.00. The van der Waals surface area contributed by atoms with Gasteiger partial charge in [-0.2, -0.15) is 9.61 Å². The number of benzene rings is 1. The average Bonchev–Trinajstić information content (AvgIpc) is 3.11. The van der Waals surface area contributed by atoms with Gasteiger partial charge < -0.3 is 4.42 Å². The summed E-state index contributed by atoms with van der Waals surface area (Å²) in [5, 5.41) is 15.3. The Morgan fingerprint density at radius 2 is 1.91 bits per heavy atom. The maximum atomic E-state index is 5.99. The van der Waals surface area contributed by atoms with Crippen LogP contribution in [0, 0.1) is 6.92 Å². The maximum absolute atomic E-state index is 5.99. The van der Waals surface area contributed by atoms with Crippen molar-refractivity contribution in [2.75, 3.05) is 0 Å². The monoisotopic (exact) mass is 312 g/mol. The number of hydrogen-bond acceptors (Lipinski definition) is 5. The van der Waals surface area contributed by atoms with Crippen molar-refractivity contribution < 1.29 is 4.42 Å². The summed E-state index contributed by atoms with van der Waals surface area (Å²) in [5.74, 6) is 1.40. The molecule has 4 rings (SSSR count). The van der Waals surface area contributed by atoms with E-state index < -0.39 is 0 Å². The molecule has 4 aromatic rings. The average molecular weight is 312 g/mol. The Morgan fingerprint density at radius 3 is 2.64 bits per heavy atom. The van der Waals surface area contributed by atoms with Crippen LogP contribution in [0.4, 0.5) is 0 Å². The molecule has 22 heavy (non-hydrogen) atoms. The standard InChI is InChI=1S/C16H16N4OS/c1-9-10-7-5-6-8-11(10)21-12(9)13-17-18-15-20(13)19-14(22-15)16(2,3)4/h5-8H,1-4H3. The first-order chi connectivity index (χ1) is 10.4. The van der Waals surface area contributed by atoms with Crippen LogP contribution in [0.15, 0.2) is 28.7 Å². The van der Waals surface area contributed by atoms with E-state index >= 15 is 0 Å². The molecule has 3 heterocycles. The van der Waals surface area contributed by atoms with Crippen LogP contribution in [0.2, 0.25) is 0 Å². The molecule has 0 radical (unpaired) electrons. The van der Waals surface area contributed by atoms with Gasteiger partial charge in [-0.05, 0) is 13.0 Å². The molecule has 0 aliphatic carbocycles. The molecular formula is C16H16N4OS. The third-order valence-electron chi connectivity index (χ3n) is 3.68. The van der Waals surface area contributed by atoms with Crippen molar-refractivity contribution >= 4 is 27.3 Å². The number of aromatic nitrogens is 4. The third kappa shape index (κ3) is 1.87. The number of furan rings is 1. The van der Waals surface area contributed by atoms with Crippen molar-refractivity contribution in [3.63, 3.8) is 0 Å². The van der Waals surface area contributed by atoms with E-state index in [0.29, 0.717) is 5.82 Å². The molecule has 0 saturated carbocycles. The van der Waals surface area contributed by atoms with Gasteiger partial charge in [-0.15, -0.1) is 10.2 Å². The summed E-state index contributed by atoms with van der Waals surface area (Å²) >= 11 is 1.57. The van der Waals surface area contributed by atoms with Gasteiger partial charge in [0.15, 0.2) is 5.76 Å². The minimum atomic E-state index is -0.00837.